The van der Waals surface area contributed by atoms with Crippen molar-refractivity contribution in [3.05, 3.63) is 243 Å². The molecular weight excluding hydrogens is 1650 g/mol. The first-order valence-corrected chi connectivity index (χ1v) is 47.8. The summed E-state index contributed by atoms with van der Waals surface area (Å²) in [6.07, 6.45) is 3.25. The number of phenols is 5. The molecule has 0 spiro atoms. The van der Waals surface area contributed by atoms with Crippen molar-refractivity contribution in [1.82, 2.24) is 13.7 Å². The van der Waals surface area contributed by atoms with Crippen LogP contribution in [0.3, 0.4) is 0 Å². The van der Waals surface area contributed by atoms with Crippen molar-refractivity contribution in [2.75, 3.05) is 19.8 Å². The van der Waals surface area contributed by atoms with Crippen LogP contribution in [0.25, 0.3) is 0 Å². The first-order chi connectivity index (χ1) is 59.8. The maximum absolute atomic E-state index is 13.9. The lowest BCUT2D eigenvalue weighted by Gasteiger charge is -2.31. The van der Waals surface area contributed by atoms with Gasteiger partial charge in [0.1, 0.15) is 48.6 Å². The molecule has 132 heavy (non-hydrogen) atoms. The number of phenolic OH excluding ortho intramolecular Hbond substituents is 5. The molecule has 0 bridgehead atoms. The predicted octanol–water partition coefficient (Wildman–Crippen LogP) is 24.5. The normalized spacial score (nSPS) is 13.0. The molecule has 0 unspecified atom stereocenters. The summed E-state index contributed by atoms with van der Waals surface area (Å²) in [7, 11) is 0. The highest BCUT2D eigenvalue weighted by Gasteiger charge is 2.36. The molecule has 1 aromatic heterocycles. The van der Waals surface area contributed by atoms with Crippen molar-refractivity contribution in [3.63, 3.8) is 0 Å². The van der Waals surface area contributed by atoms with Gasteiger partial charge in [-0.25, -0.2) is 28.1 Å². The van der Waals surface area contributed by atoms with Crippen LogP contribution in [0.15, 0.2) is 87.2 Å². The highest BCUT2D eigenvalue weighted by molar-refractivity contribution is 5.71. The Kier molecular flexibility index (Phi) is 33.2. The summed E-state index contributed by atoms with van der Waals surface area (Å²) in [5.41, 5.74) is 21.4. The van der Waals surface area contributed by atoms with Crippen LogP contribution in [0.4, 0.5) is 0 Å². The molecule has 0 aliphatic carbocycles. The van der Waals surface area contributed by atoms with Gasteiger partial charge >= 0.3 is 35.0 Å². The third-order valence-electron chi connectivity index (χ3n) is 25.8. The molecule has 0 fully saturated rings. The smallest absolute Gasteiger partial charge is 0.336 e. The first kappa shape index (κ1) is 109. The molecular formula is C115H167N3O14. The molecule has 17 nitrogen and oxygen atoms in total. The summed E-state index contributed by atoms with van der Waals surface area (Å²) in [5, 5.41) is 56.8. The zero-order valence-electron chi connectivity index (χ0n) is 88.8. The van der Waals surface area contributed by atoms with E-state index in [2.05, 4.69) is 189 Å². The van der Waals surface area contributed by atoms with E-state index in [1.807, 2.05) is 161 Å². The van der Waals surface area contributed by atoms with E-state index in [9.17, 15) is 54.3 Å². The minimum absolute atomic E-state index is 0.0244. The molecule has 7 aromatic carbocycles. The van der Waals surface area contributed by atoms with Crippen molar-refractivity contribution in [2.24, 2.45) is 0 Å². The second-order valence-corrected chi connectivity index (χ2v) is 49.8. The number of aryl methyl sites for hydroxylation is 3. The van der Waals surface area contributed by atoms with E-state index in [-0.39, 0.29) is 121 Å². The van der Waals surface area contributed by atoms with E-state index in [1.165, 1.54) is 66.8 Å². The van der Waals surface area contributed by atoms with Crippen molar-refractivity contribution in [2.45, 2.75) is 419 Å². The fourth-order valence-corrected chi connectivity index (χ4v) is 18.0. The third kappa shape index (κ3) is 27.1. The number of esters is 3. The van der Waals surface area contributed by atoms with Crippen LogP contribution in [-0.4, -0.2) is 77.0 Å². The highest BCUT2D eigenvalue weighted by Crippen LogP contribution is 2.48. The Bertz CT molecular complexity index is 4940. The van der Waals surface area contributed by atoms with Gasteiger partial charge in [-0.2, -0.15) is 0 Å². The largest absolute Gasteiger partial charge is 0.507 e. The van der Waals surface area contributed by atoms with Gasteiger partial charge in [-0.05, 0) is 270 Å². The Morgan fingerprint density at radius 2 is 0.379 bits per heavy atom. The lowest BCUT2D eigenvalue weighted by Crippen LogP contribution is -2.55. The number of hydrogen-bond donors (Lipinski definition) is 5. The Morgan fingerprint density at radius 3 is 0.530 bits per heavy atom. The number of hydrogen-bond acceptors (Lipinski definition) is 14. The van der Waals surface area contributed by atoms with Crippen LogP contribution < -0.4 is 17.1 Å². The van der Waals surface area contributed by atoms with Gasteiger partial charge in [0.2, 0.25) is 0 Å². The van der Waals surface area contributed by atoms with E-state index in [0.29, 0.717) is 30.8 Å². The molecule has 0 radical (unpaired) electrons. The Morgan fingerprint density at radius 1 is 0.235 bits per heavy atom. The topological polar surface area (TPSA) is 246 Å². The second-order valence-electron chi connectivity index (χ2n) is 49.8. The highest BCUT2D eigenvalue weighted by atomic mass is 16.5. The van der Waals surface area contributed by atoms with Crippen LogP contribution in [0.5, 0.6) is 28.7 Å². The predicted molar refractivity (Wildman–Crippen MR) is 542 cm³/mol. The lowest BCUT2D eigenvalue weighted by atomic mass is 9.74. The molecule has 0 atom stereocenters. The van der Waals surface area contributed by atoms with Gasteiger partial charge in [0.15, 0.2) is 0 Å². The number of carbonyl (C=O) groups excluding carboxylic acids is 3. The number of nitrogens with zero attached hydrogens (tertiary/aromatic N) is 3. The molecule has 17 heteroatoms. The summed E-state index contributed by atoms with van der Waals surface area (Å²) >= 11 is 0. The van der Waals surface area contributed by atoms with E-state index < -0.39 is 54.6 Å². The van der Waals surface area contributed by atoms with Crippen LogP contribution in [0.1, 0.15) is 408 Å². The molecule has 726 valence electrons. The summed E-state index contributed by atoms with van der Waals surface area (Å²) in [6, 6.07) is 25.4. The fourth-order valence-electron chi connectivity index (χ4n) is 18.0. The zero-order valence-corrected chi connectivity index (χ0v) is 88.8. The zero-order chi connectivity index (χ0) is 101. The van der Waals surface area contributed by atoms with Gasteiger partial charge in [-0.1, -0.05) is 322 Å². The van der Waals surface area contributed by atoms with Crippen LogP contribution >= 0.6 is 0 Å². The number of aromatic hydroxyl groups is 5. The third-order valence-corrected chi connectivity index (χ3v) is 25.8. The number of benzene rings is 7. The van der Waals surface area contributed by atoms with Crippen LogP contribution in [0.2, 0.25) is 0 Å². The van der Waals surface area contributed by atoms with Crippen molar-refractivity contribution in [3.8, 4) is 28.7 Å². The second kappa shape index (κ2) is 40.1. The number of ether oxygens (including phenoxy) is 3. The van der Waals surface area contributed by atoms with E-state index in [0.717, 1.165) is 105 Å². The Balaban J connectivity index is 0.000000374. The number of aromatic nitrogens is 3. The molecule has 8 aromatic rings. The van der Waals surface area contributed by atoms with E-state index >= 15 is 0 Å². The Hall–Kier alpha value is -9.64. The number of carbonyl (C=O) groups is 3. The fraction of sp³-hybridized carbons (Fsp3) is 0.583. The average Bonchev–Trinajstić information content (AvgIpc) is 0.755. The van der Waals surface area contributed by atoms with Gasteiger partial charge in [0.25, 0.3) is 0 Å². The van der Waals surface area contributed by atoms with Crippen molar-refractivity contribution >= 4 is 17.9 Å². The monoisotopic (exact) mass is 1810 g/mol. The van der Waals surface area contributed by atoms with Gasteiger partial charge < -0.3 is 39.7 Å². The van der Waals surface area contributed by atoms with Gasteiger partial charge in [-0.15, -0.1) is 0 Å². The quantitative estimate of drug-likeness (QED) is 0.0279. The maximum atomic E-state index is 13.9. The summed E-state index contributed by atoms with van der Waals surface area (Å²) in [5.74, 6) is -0.250. The molecule has 5 N–H and O–H groups in total. The summed E-state index contributed by atoms with van der Waals surface area (Å²) < 4.78 is 18.9. The molecule has 1 heterocycles. The maximum Gasteiger partial charge on any atom is 0.336 e. The summed E-state index contributed by atoms with van der Waals surface area (Å²) in [4.78, 5) is 81.2. The van der Waals surface area contributed by atoms with Gasteiger partial charge in [0.05, 0.1) is 19.6 Å². The molecule has 0 aliphatic heterocycles. The molecule has 8 rings (SSSR count). The molecule has 0 saturated heterocycles. The van der Waals surface area contributed by atoms with E-state index in [1.54, 1.807) is 0 Å². The Labute approximate surface area is 792 Å². The number of rotatable bonds is 24. The first-order valence-electron chi connectivity index (χ1n) is 47.8. The van der Waals surface area contributed by atoms with Crippen molar-refractivity contribution in [1.29, 1.82) is 0 Å². The standard InChI is InChI=1S/C60H87N3O12.C55H80O2/c1-55(2,3)40-31-37(32-41(49(40)67)56(4,5)6)19-22-46(64)73-28-25-61-52(70)62(26-29-74-47(65)23-20-38-33-42(57(7,8)9)50(68)43(34-38)58(10,11)12)54(72)63(53(61)71)27-30-75-48(66)24-21-39-35-44(59(13,14)15)51(69)45(36-39)60(16,17)18;1-32-39(23-36-26-42(50(5,6)7)35(4)43(27-36)51(8,9)10)33(2)41(25-38-30-46(54(17,18)19)49(57)47(31-38)55(20,21)22)34(3)40(32)24-37-28-44(52(11,12)13)48(56)45(29-37)53(14,15)16/h31-36,67-69H,19-30H2,1-18H3;26-31,56-57H,23-25H2,1-22H3. The van der Waals surface area contributed by atoms with Crippen molar-refractivity contribution < 1.29 is 54.1 Å². The van der Waals surface area contributed by atoms with Crippen LogP contribution in [0, 0.1) is 27.7 Å². The average molecular weight is 1820 g/mol. The van der Waals surface area contributed by atoms with Gasteiger partial charge in [-0.3, -0.25) is 14.4 Å². The SMILES string of the molecule is CC(C)(C)c1cc(CCC(=O)OCCn2c(=O)n(CCOC(=O)CCc3cc(C(C)(C)C)c(O)c(C(C)(C)C)c3)c(=O)n(CCOC(=O)CCc3cc(C(C)(C)C)c(O)c(C(C)(C)C)c3)c2=O)cc(C(C)(C)C)c1O.Cc1c(C(C)(C)C)cc(Cc2c(C)c(Cc3cc(C(C)(C)C)c(O)c(C(C)(C)C)c3)c(C)c(Cc3cc(C(C)(C)C)c(O)c(C(C)(C)C)c3)c2C)cc1C(C)(C)C. The molecule has 0 aliphatic rings. The van der Waals surface area contributed by atoms with Gasteiger partial charge in [0, 0.05) is 19.3 Å². The summed E-state index contributed by atoms with van der Waals surface area (Å²) in [6.45, 7) is 83.4. The minimum atomic E-state index is -1.01. The molecule has 0 amide bonds. The molecule has 0 saturated carbocycles. The lowest BCUT2D eigenvalue weighted by molar-refractivity contribution is -0.144. The van der Waals surface area contributed by atoms with Crippen LogP contribution in [-0.2, 0) is 152 Å². The minimum Gasteiger partial charge on any atom is -0.507 e. The van der Waals surface area contributed by atoms with E-state index in [4.69, 9.17) is 14.2 Å².